The fourth-order valence-electron chi connectivity index (χ4n) is 5.55. The Hall–Kier alpha value is -3.98. The molecular weight excluding hydrogens is 550 g/mol. The molecule has 2 aliphatic rings. The Morgan fingerprint density at radius 2 is 1.65 bits per heavy atom. The Balaban J connectivity index is 1.20. The molecule has 0 unspecified atom stereocenters. The quantitative estimate of drug-likeness (QED) is 0.161. The van der Waals surface area contributed by atoms with Crippen LogP contribution in [0, 0.1) is 6.92 Å². The van der Waals surface area contributed by atoms with Gasteiger partial charge in [-0.1, -0.05) is 56.5 Å². The monoisotopic (exact) mass is 590 g/mol. The summed E-state index contributed by atoms with van der Waals surface area (Å²) >= 11 is 0. The average Bonchev–Trinajstić information content (AvgIpc) is 3.74. The predicted molar refractivity (Wildman–Crippen MR) is 165 cm³/mol. The number of aromatic nitrogens is 1. The second-order valence-electron chi connectivity index (χ2n) is 11.4. The number of carbonyl (C=O) groups is 1. The van der Waals surface area contributed by atoms with Crippen LogP contribution in [0.3, 0.4) is 0 Å². The topological polar surface area (TPSA) is 84.5 Å². The van der Waals surface area contributed by atoms with E-state index in [0.29, 0.717) is 17.9 Å². The smallest absolute Gasteiger partial charge is 0.395 e. The minimum absolute atomic E-state index is 0.0233. The Morgan fingerprint density at radius 3 is 2.40 bits per heavy atom. The molecule has 1 amide bonds. The highest BCUT2D eigenvalue weighted by Gasteiger charge is 2.49. The van der Waals surface area contributed by atoms with E-state index in [1.807, 2.05) is 50.4 Å². The lowest BCUT2D eigenvalue weighted by Gasteiger charge is -2.21. The van der Waals surface area contributed by atoms with Crippen LogP contribution >= 0.6 is 0 Å². The molecule has 0 atom stereocenters. The van der Waals surface area contributed by atoms with Crippen molar-refractivity contribution in [3.63, 3.8) is 0 Å². The Kier molecular flexibility index (Phi) is 9.30. The van der Waals surface area contributed by atoms with Gasteiger partial charge in [0, 0.05) is 28.8 Å². The van der Waals surface area contributed by atoms with E-state index >= 15 is 0 Å². The molecule has 1 fully saturated rings. The number of benzene rings is 2. The molecule has 0 bridgehead atoms. The van der Waals surface area contributed by atoms with Crippen molar-refractivity contribution >= 4 is 11.7 Å². The third-order valence-electron chi connectivity index (χ3n) is 8.19. The number of unbranched alkanes of at least 4 members (excludes halogenated alkanes) is 5. The van der Waals surface area contributed by atoms with Crippen molar-refractivity contribution in [3.05, 3.63) is 83.6 Å². The number of nitrogens with one attached hydrogen (secondary N) is 3. The predicted octanol–water partition coefficient (Wildman–Crippen LogP) is 7.33. The van der Waals surface area contributed by atoms with Crippen molar-refractivity contribution in [1.82, 2.24) is 15.6 Å². The first kappa shape index (κ1) is 30.5. The van der Waals surface area contributed by atoms with E-state index in [4.69, 9.17) is 4.98 Å². The molecule has 9 heteroatoms. The molecule has 1 saturated carbocycles. The molecule has 1 aliphatic heterocycles. The molecule has 1 aliphatic carbocycles. The summed E-state index contributed by atoms with van der Waals surface area (Å²) in [6.07, 6.45) is 4.93. The van der Waals surface area contributed by atoms with Gasteiger partial charge >= 0.3 is 6.29 Å². The first-order chi connectivity index (χ1) is 20.7. The molecule has 2 heterocycles. The van der Waals surface area contributed by atoms with Gasteiger partial charge in [-0.2, -0.15) is 0 Å². The molecule has 228 valence electrons. The van der Waals surface area contributed by atoms with Gasteiger partial charge in [0.2, 0.25) is 0 Å². The fourth-order valence-corrected chi connectivity index (χ4v) is 5.55. The third kappa shape index (κ3) is 7.33. The summed E-state index contributed by atoms with van der Waals surface area (Å²) in [4.78, 5) is 17.7. The minimum Gasteiger partial charge on any atom is -0.395 e. The van der Waals surface area contributed by atoms with E-state index in [-0.39, 0.29) is 17.4 Å². The Labute approximate surface area is 252 Å². The molecule has 3 aromatic rings. The van der Waals surface area contributed by atoms with Crippen LogP contribution < -0.4 is 25.4 Å². The van der Waals surface area contributed by atoms with Crippen molar-refractivity contribution in [3.8, 4) is 22.8 Å². The van der Waals surface area contributed by atoms with E-state index in [2.05, 4.69) is 32.0 Å². The standard InChI is InChI=1S/C34H40F2N4O3/c1-23-13-16-30(39-24(2)33(17-18-33)27-14-15-28-29(22-27)43-34(35,36)42-28)40-31(23)25-11-10-12-26(21-25)32(41)38-20-9-7-5-4-6-8-19-37-3/h10-16,21-22,37H,2,4-9,17-20H2,1,3H3,(H,38,41)(H,39,40). The van der Waals surface area contributed by atoms with Crippen molar-refractivity contribution in [2.24, 2.45) is 0 Å². The number of pyridine rings is 1. The summed E-state index contributed by atoms with van der Waals surface area (Å²) in [5.41, 5.74) is 4.33. The molecule has 7 nitrogen and oxygen atoms in total. The average molecular weight is 591 g/mol. The third-order valence-corrected chi connectivity index (χ3v) is 8.19. The van der Waals surface area contributed by atoms with Gasteiger partial charge in [0.25, 0.3) is 5.91 Å². The number of ether oxygens (including phenoxy) is 2. The van der Waals surface area contributed by atoms with Gasteiger partial charge in [0.1, 0.15) is 5.82 Å². The van der Waals surface area contributed by atoms with E-state index in [0.717, 1.165) is 60.3 Å². The summed E-state index contributed by atoms with van der Waals surface area (Å²) in [7, 11) is 1.98. The zero-order valence-corrected chi connectivity index (χ0v) is 24.9. The van der Waals surface area contributed by atoms with Crippen molar-refractivity contribution < 1.29 is 23.0 Å². The number of hydrogen-bond donors (Lipinski definition) is 3. The molecule has 1 aromatic heterocycles. The number of alkyl halides is 2. The van der Waals surface area contributed by atoms with Crippen LogP contribution in [0.1, 0.15) is 72.9 Å². The fraction of sp³-hybridized carbons (Fsp3) is 0.412. The van der Waals surface area contributed by atoms with Crippen LogP contribution in [0.2, 0.25) is 0 Å². The number of rotatable bonds is 15. The highest BCUT2D eigenvalue weighted by molar-refractivity contribution is 5.95. The molecule has 0 radical (unpaired) electrons. The number of hydrogen-bond acceptors (Lipinski definition) is 6. The SMILES string of the molecule is C=C(Nc1ccc(C)c(-c2cccc(C(=O)NCCCCCCCCNC)c2)n1)C1(c2ccc3c(c2)OC(F)(F)O3)CC1. The van der Waals surface area contributed by atoms with Crippen molar-refractivity contribution in [2.75, 3.05) is 25.5 Å². The van der Waals surface area contributed by atoms with E-state index < -0.39 is 11.7 Å². The summed E-state index contributed by atoms with van der Waals surface area (Å²) in [5, 5.41) is 9.57. The van der Waals surface area contributed by atoms with Gasteiger partial charge in [0.15, 0.2) is 11.5 Å². The molecule has 2 aromatic carbocycles. The van der Waals surface area contributed by atoms with Gasteiger partial charge < -0.3 is 25.4 Å². The van der Waals surface area contributed by atoms with Gasteiger partial charge in [-0.3, -0.25) is 4.79 Å². The number of carbonyl (C=O) groups excluding carboxylic acids is 1. The van der Waals surface area contributed by atoms with E-state index in [9.17, 15) is 13.6 Å². The van der Waals surface area contributed by atoms with Crippen molar-refractivity contribution in [2.45, 2.75) is 70.0 Å². The lowest BCUT2D eigenvalue weighted by atomic mass is 9.92. The van der Waals surface area contributed by atoms with Gasteiger partial charge in [-0.15, -0.1) is 8.78 Å². The number of fused-ring (bicyclic) bond motifs is 1. The zero-order valence-electron chi connectivity index (χ0n) is 24.9. The van der Waals surface area contributed by atoms with E-state index in [1.165, 1.54) is 31.7 Å². The number of halogens is 2. The summed E-state index contributed by atoms with van der Waals surface area (Å²) in [6.45, 7) is 7.99. The molecule has 5 rings (SSSR count). The highest BCUT2D eigenvalue weighted by Crippen LogP contribution is 2.55. The maximum atomic E-state index is 13.5. The number of aryl methyl sites for hydroxylation is 1. The van der Waals surface area contributed by atoms with Crippen LogP contribution in [0.25, 0.3) is 11.3 Å². The largest absolute Gasteiger partial charge is 0.586 e. The maximum absolute atomic E-state index is 13.5. The second kappa shape index (κ2) is 13.1. The number of anilines is 1. The summed E-state index contributed by atoms with van der Waals surface area (Å²) in [6, 6.07) is 16.3. The highest BCUT2D eigenvalue weighted by atomic mass is 19.3. The van der Waals surface area contributed by atoms with Crippen LogP contribution in [-0.2, 0) is 5.41 Å². The van der Waals surface area contributed by atoms with Gasteiger partial charge in [-0.05, 0) is 87.7 Å². The van der Waals surface area contributed by atoms with Crippen LogP contribution in [0.15, 0.2) is 66.9 Å². The van der Waals surface area contributed by atoms with Crippen molar-refractivity contribution in [1.29, 1.82) is 0 Å². The molecule has 3 N–H and O–H groups in total. The second-order valence-corrected chi connectivity index (χ2v) is 11.4. The number of nitrogens with zero attached hydrogens (tertiary/aromatic N) is 1. The first-order valence-electron chi connectivity index (χ1n) is 15.1. The van der Waals surface area contributed by atoms with Crippen LogP contribution in [0.5, 0.6) is 11.5 Å². The van der Waals surface area contributed by atoms with E-state index in [1.54, 1.807) is 12.1 Å². The molecule has 43 heavy (non-hydrogen) atoms. The Bertz CT molecular complexity index is 1470. The van der Waals surface area contributed by atoms with Crippen LogP contribution in [-0.4, -0.2) is 37.3 Å². The lowest BCUT2D eigenvalue weighted by molar-refractivity contribution is -0.286. The normalized spacial score (nSPS) is 15.6. The zero-order chi connectivity index (χ0) is 30.5. The molecular formula is C34H40F2N4O3. The summed E-state index contributed by atoms with van der Waals surface area (Å²) < 4.78 is 36.3. The molecule has 0 saturated heterocycles. The summed E-state index contributed by atoms with van der Waals surface area (Å²) in [5.74, 6) is 0.575. The maximum Gasteiger partial charge on any atom is 0.586 e. The van der Waals surface area contributed by atoms with Gasteiger partial charge in [-0.25, -0.2) is 4.98 Å². The van der Waals surface area contributed by atoms with Gasteiger partial charge in [0.05, 0.1) is 5.69 Å². The molecule has 0 spiro atoms. The minimum atomic E-state index is -3.65. The Morgan fingerprint density at radius 1 is 0.930 bits per heavy atom. The van der Waals surface area contributed by atoms with Crippen LogP contribution in [0.4, 0.5) is 14.6 Å². The number of amides is 1. The first-order valence-corrected chi connectivity index (χ1v) is 15.1. The number of allylic oxidation sites excluding steroid dienone is 1. The lowest BCUT2D eigenvalue weighted by Crippen LogP contribution is -2.26.